The molecule has 0 aliphatic carbocycles. The predicted molar refractivity (Wildman–Crippen MR) is 75.1 cm³/mol. The van der Waals surface area contributed by atoms with Crippen LogP contribution in [-0.2, 0) is 6.18 Å². The van der Waals surface area contributed by atoms with Gasteiger partial charge in [-0.2, -0.15) is 13.2 Å². The molecule has 0 unspecified atom stereocenters. The highest BCUT2D eigenvalue weighted by atomic mass is 35.5. The quantitative estimate of drug-likeness (QED) is 0.523. The molecule has 0 aliphatic heterocycles. The van der Waals surface area contributed by atoms with Gasteiger partial charge in [0.1, 0.15) is 0 Å². The molecule has 0 aliphatic rings. The van der Waals surface area contributed by atoms with E-state index < -0.39 is 17.4 Å². The van der Waals surface area contributed by atoms with Crippen molar-refractivity contribution in [2.24, 2.45) is 0 Å². The highest BCUT2D eigenvalue weighted by Crippen LogP contribution is 2.42. The first kappa shape index (κ1) is 16.1. The van der Waals surface area contributed by atoms with Crippen molar-refractivity contribution < 1.29 is 18.0 Å². The van der Waals surface area contributed by atoms with Crippen LogP contribution in [0, 0.1) is 0 Å². The first-order valence-electron chi connectivity index (χ1n) is 5.42. The second-order valence-corrected chi connectivity index (χ2v) is 5.21. The first-order chi connectivity index (χ1) is 9.75. The Balaban J connectivity index is 2.85. The van der Waals surface area contributed by atoms with Crippen molar-refractivity contribution in [3.63, 3.8) is 0 Å². The van der Waals surface area contributed by atoms with E-state index in [1.165, 1.54) is 12.1 Å². The van der Waals surface area contributed by atoms with E-state index in [0.717, 1.165) is 12.3 Å². The summed E-state index contributed by atoms with van der Waals surface area (Å²) >= 11 is 17.5. The molecular formula is C13H5Cl3F3NO. The van der Waals surface area contributed by atoms with Gasteiger partial charge in [0, 0.05) is 22.9 Å². The number of nitrogens with zero attached hydrogens (tertiary/aromatic N) is 1. The van der Waals surface area contributed by atoms with E-state index in [2.05, 4.69) is 4.98 Å². The normalized spacial score (nSPS) is 11.5. The summed E-state index contributed by atoms with van der Waals surface area (Å²) in [6, 6.07) is 3.55. The molecule has 8 heteroatoms. The fraction of sp³-hybridized carbons (Fsp3) is 0.0769. The van der Waals surface area contributed by atoms with Crippen LogP contribution in [0.2, 0.25) is 15.1 Å². The second-order valence-electron chi connectivity index (χ2n) is 3.99. The van der Waals surface area contributed by atoms with Crippen LogP contribution in [-0.4, -0.2) is 11.3 Å². The lowest BCUT2D eigenvalue weighted by atomic mass is 9.98. The van der Waals surface area contributed by atoms with Crippen molar-refractivity contribution in [2.45, 2.75) is 6.18 Å². The van der Waals surface area contributed by atoms with Crippen LogP contribution >= 0.6 is 34.8 Å². The number of pyridine rings is 1. The van der Waals surface area contributed by atoms with Crippen molar-refractivity contribution in [3.05, 3.63) is 50.7 Å². The smallest absolute Gasteiger partial charge is 0.298 e. The monoisotopic (exact) mass is 353 g/mol. The number of carbonyl (C=O) groups is 1. The molecule has 0 fully saturated rings. The molecule has 0 spiro atoms. The molecule has 2 aromatic rings. The molecular weight excluding hydrogens is 350 g/mol. The lowest BCUT2D eigenvalue weighted by molar-refractivity contribution is -0.140. The highest BCUT2D eigenvalue weighted by molar-refractivity contribution is 6.44. The van der Waals surface area contributed by atoms with Crippen LogP contribution < -0.4 is 0 Å². The molecule has 2 nitrogen and oxygen atoms in total. The number of benzene rings is 1. The molecule has 21 heavy (non-hydrogen) atoms. The standard InChI is InChI=1S/C13H5Cl3F3NO/c14-8-4-10(16)9(15)3-7(8)11-6(5-21)1-2-20-12(11)13(17,18)19/h1-5H. The maximum atomic E-state index is 13.1. The lowest BCUT2D eigenvalue weighted by Gasteiger charge is -2.15. The van der Waals surface area contributed by atoms with Gasteiger partial charge in [-0.05, 0) is 18.2 Å². The number of aldehydes is 1. The van der Waals surface area contributed by atoms with Crippen LogP contribution in [0.1, 0.15) is 16.1 Å². The van der Waals surface area contributed by atoms with E-state index in [1.54, 1.807) is 0 Å². The number of hydrogen-bond acceptors (Lipinski definition) is 2. The fourth-order valence-corrected chi connectivity index (χ4v) is 2.43. The summed E-state index contributed by atoms with van der Waals surface area (Å²) in [6.45, 7) is 0. The van der Waals surface area contributed by atoms with Crippen LogP contribution in [0.15, 0.2) is 24.4 Å². The minimum Gasteiger partial charge on any atom is -0.298 e. The molecule has 1 aromatic carbocycles. The Labute approximate surface area is 132 Å². The molecule has 0 amide bonds. The highest BCUT2D eigenvalue weighted by Gasteiger charge is 2.37. The number of carbonyl (C=O) groups excluding carboxylic acids is 1. The molecule has 0 N–H and O–H groups in total. The zero-order valence-electron chi connectivity index (χ0n) is 10.0. The van der Waals surface area contributed by atoms with Gasteiger partial charge in [0.2, 0.25) is 0 Å². The predicted octanol–water partition coefficient (Wildman–Crippen LogP) is 5.54. The SMILES string of the molecule is O=Cc1ccnc(C(F)(F)F)c1-c1cc(Cl)c(Cl)cc1Cl. The zero-order chi connectivity index (χ0) is 15.8. The van der Waals surface area contributed by atoms with Gasteiger partial charge >= 0.3 is 6.18 Å². The van der Waals surface area contributed by atoms with Crippen molar-refractivity contribution in [2.75, 3.05) is 0 Å². The van der Waals surface area contributed by atoms with E-state index in [4.69, 9.17) is 34.8 Å². The number of alkyl halides is 3. The molecule has 1 aromatic heterocycles. The van der Waals surface area contributed by atoms with Gasteiger partial charge in [-0.25, -0.2) is 0 Å². The van der Waals surface area contributed by atoms with Crippen molar-refractivity contribution in [1.29, 1.82) is 0 Å². The topological polar surface area (TPSA) is 30.0 Å². The number of aromatic nitrogens is 1. The summed E-state index contributed by atoms with van der Waals surface area (Å²) in [4.78, 5) is 14.4. The maximum Gasteiger partial charge on any atom is 0.433 e. The molecule has 1 heterocycles. The molecule has 0 saturated heterocycles. The van der Waals surface area contributed by atoms with Crippen molar-refractivity contribution in [1.82, 2.24) is 4.98 Å². The van der Waals surface area contributed by atoms with Gasteiger partial charge < -0.3 is 0 Å². The third-order valence-electron chi connectivity index (χ3n) is 2.66. The molecule has 0 atom stereocenters. The Morgan fingerprint density at radius 2 is 1.67 bits per heavy atom. The van der Waals surface area contributed by atoms with Crippen LogP contribution in [0.4, 0.5) is 13.2 Å². The average Bonchev–Trinajstić information content (AvgIpc) is 2.41. The largest absolute Gasteiger partial charge is 0.433 e. The number of rotatable bonds is 2. The van der Waals surface area contributed by atoms with Gasteiger partial charge in [0.15, 0.2) is 12.0 Å². The summed E-state index contributed by atoms with van der Waals surface area (Å²) < 4.78 is 39.2. The Hall–Kier alpha value is -1.30. The minimum absolute atomic E-state index is 0.0184. The third-order valence-corrected chi connectivity index (χ3v) is 3.69. The van der Waals surface area contributed by atoms with Gasteiger partial charge in [-0.3, -0.25) is 9.78 Å². The fourth-order valence-electron chi connectivity index (χ4n) is 1.79. The first-order valence-corrected chi connectivity index (χ1v) is 6.55. The van der Waals surface area contributed by atoms with Crippen LogP contribution in [0.3, 0.4) is 0 Å². The lowest BCUT2D eigenvalue weighted by Crippen LogP contribution is -2.11. The van der Waals surface area contributed by atoms with Gasteiger partial charge in [-0.15, -0.1) is 0 Å². The maximum absolute atomic E-state index is 13.1. The zero-order valence-corrected chi connectivity index (χ0v) is 12.3. The van der Waals surface area contributed by atoms with E-state index in [0.29, 0.717) is 6.29 Å². The molecule has 2 rings (SSSR count). The van der Waals surface area contributed by atoms with E-state index >= 15 is 0 Å². The Morgan fingerprint density at radius 3 is 2.24 bits per heavy atom. The van der Waals surface area contributed by atoms with Crippen LogP contribution in [0.25, 0.3) is 11.1 Å². The Bertz CT molecular complexity index is 717. The van der Waals surface area contributed by atoms with E-state index in [-0.39, 0.29) is 26.2 Å². The Kier molecular flexibility index (Phi) is 4.46. The summed E-state index contributed by atoms with van der Waals surface area (Å²) in [5, 5.41) is 0.0476. The summed E-state index contributed by atoms with van der Waals surface area (Å²) in [6.07, 6.45) is -3.55. The molecule has 110 valence electrons. The van der Waals surface area contributed by atoms with Gasteiger partial charge in [-0.1, -0.05) is 34.8 Å². The summed E-state index contributed by atoms with van der Waals surface area (Å²) in [7, 11) is 0. The molecule has 0 saturated carbocycles. The number of halogens is 6. The minimum atomic E-state index is -4.75. The van der Waals surface area contributed by atoms with Crippen molar-refractivity contribution in [3.8, 4) is 11.1 Å². The average molecular weight is 355 g/mol. The number of hydrogen-bond donors (Lipinski definition) is 0. The molecule has 0 bridgehead atoms. The second kappa shape index (κ2) is 5.83. The van der Waals surface area contributed by atoms with Gasteiger partial charge in [0.25, 0.3) is 0 Å². The Morgan fingerprint density at radius 1 is 1.05 bits per heavy atom. The van der Waals surface area contributed by atoms with Crippen LogP contribution in [0.5, 0.6) is 0 Å². The summed E-state index contributed by atoms with van der Waals surface area (Å²) in [5.74, 6) is 0. The molecule has 0 radical (unpaired) electrons. The van der Waals surface area contributed by atoms with Crippen molar-refractivity contribution >= 4 is 41.1 Å². The van der Waals surface area contributed by atoms with Gasteiger partial charge in [0.05, 0.1) is 15.1 Å². The summed E-state index contributed by atoms with van der Waals surface area (Å²) in [5.41, 5.74) is -1.90. The third kappa shape index (κ3) is 3.15. The van der Waals surface area contributed by atoms with E-state index in [1.807, 2.05) is 0 Å². The van der Waals surface area contributed by atoms with E-state index in [9.17, 15) is 18.0 Å².